The number of nitrogens with zero attached hydrogens (tertiary/aromatic N) is 7. The third-order valence-corrected chi connectivity index (χ3v) is 8.85. The molecule has 1 N–H and O–H groups in total. The number of hydrogen-bond donors (Lipinski definition) is 1. The summed E-state index contributed by atoms with van der Waals surface area (Å²) in [6, 6.07) is 6.24. The average molecular weight is 671 g/mol. The third-order valence-electron chi connectivity index (χ3n) is 7.46. The van der Waals surface area contributed by atoms with E-state index in [1.807, 2.05) is 12.1 Å². The summed E-state index contributed by atoms with van der Waals surface area (Å²) in [6.45, 7) is 9.45. The van der Waals surface area contributed by atoms with Gasteiger partial charge in [-0.15, -0.1) is 0 Å². The normalized spacial score (nSPS) is 14.4. The molecule has 1 amide bonds. The highest BCUT2D eigenvalue weighted by atomic mass is 32.3. The maximum Gasteiger partial charge on any atom is 0.410 e. The summed E-state index contributed by atoms with van der Waals surface area (Å²) in [7, 11) is 0.777. The van der Waals surface area contributed by atoms with Gasteiger partial charge in [0.1, 0.15) is 46.5 Å². The molecule has 254 valence electrons. The van der Waals surface area contributed by atoms with Crippen molar-refractivity contribution in [2.45, 2.75) is 39.6 Å². The van der Waals surface area contributed by atoms with Gasteiger partial charge in [-0.05, 0) is 69.4 Å². The number of anilines is 1. The van der Waals surface area contributed by atoms with Crippen molar-refractivity contribution in [1.82, 2.24) is 34.9 Å². The number of fused-ring (bicyclic) bond motifs is 1. The molecule has 4 heterocycles. The van der Waals surface area contributed by atoms with Crippen molar-refractivity contribution >= 4 is 33.0 Å². The summed E-state index contributed by atoms with van der Waals surface area (Å²) in [5.74, 6) is -0.00658. The zero-order chi connectivity index (χ0) is 33.9. The highest BCUT2D eigenvalue weighted by Gasteiger charge is 2.24. The number of carbonyl (C=O) groups excluding carboxylic acids is 1. The summed E-state index contributed by atoms with van der Waals surface area (Å²) in [4.78, 5) is 29.6. The van der Waals surface area contributed by atoms with Crippen molar-refractivity contribution in [3.63, 3.8) is 0 Å². The molecule has 11 nitrogen and oxygen atoms in total. The zero-order valence-electron chi connectivity index (χ0n) is 28.1. The number of pyridine rings is 1. The molecule has 0 unspecified atom stereocenters. The first-order chi connectivity index (χ1) is 22.2. The minimum Gasteiger partial charge on any atom is -0.444 e. The van der Waals surface area contributed by atoms with Gasteiger partial charge in [0, 0.05) is 57.3 Å². The maximum absolute atomic E-state index is 15.6. The van der Waals surface area contributed by atoms with Gasteiger partial charge in [0.15, 0.2) is 5.82 Å². The quantitative estimate of drug-likeness (QED) is 0.226. The van der Waals surface area contributed by atoms with E-state index in [0.717, 1.165) is 37.7 Å². The Morgan fingerprint density at radius 3 is 2.38 bits per heavy atom. The second-order valence-electron chi connectivity index (χ2n) is 13.5. The van der Waals surface area contributed by atoms with Crippen LogP contribution in [0.3, 0.4) is 0 Å². The molecule has 1 aromatic carbocycles. The Balaban J connectivity index is 1.47. The predicted molar refractivity (Wildman–Crippen MR) is 183 cm³/mol. The van der Waals surface area contributed by atoms with Crippen LogP contribution in [0.15, 0.2) is 36.7 Å². The molecule has 14 heteroatoms. The number of amides is 1. The van der Waals surface area contributed by atoms with Crippen LogP contribution < -0.4 is 10.2 Å². The maximum atomic E-state index is 15.6. The topological polar surface area (TPSA) is 111 Å². The highest BCUT2D eigenvalue weighted by molar-refractivity contribution is 8.32. The van der Waals surface area contributed by atoms with Gasteiger partial charge in [-0.2, -0.15) is 5.10 Å². The SMILES string of the molecule is CN(Cc1cc(F)c(-c2ncc3c(n2)c(-c2ccc(N4CCNCC4)nc2)nn3COCCS(C)(C)C)c(F)c1)C(=O)OC(C)(C)C. The summed E-state index contributed by atoms with van der Waals surface area (Å²) in [5, 5.41) is 8.14. The molecule has 5 rings (SSSR count). The number of halogens is 2. The van der Waals surface area contributed by atoms with Crippen LogP contribution in [0, 0.1) is 11.6 Å². The lowest BCUT2D eigenvalue weighted by Gasteiger charge is -2.28. The van der Waals surface area contributed by atoms with Crippen molar-refractivity contribution in [2.24, 2.45) is 0 Å². The molecule has 47 heavy (non-hydrogen) atoms. The molecule has 1 fully saturated rings. The summed E-state index contributed by atoms with van der Waals surface area (Å²) < 4.78 is 44.1. The molecule has 1 saturated heterocycles. The molecule has 0 aliphatic carbocycles. The molecule has 1 aliphatic heterocycles. The monoisotopic (exact) mass is 670 g/mol. The number of rotatable bonds is 10. The summed E-state index contributed by atoms with van der Waals surface area (Å²) >= 11 is 0. The number of hydrogen-bond acceptors (Lipinski definition) is 9. The fourth-order valence-electron chi connectivity index (χ4n) is 5.05. The van der Waals surface area contributed by atoms with Crippen molar-refractivity contribution in [1.29, 1.82) is 0 Å². The first-order valence-electron chi connectivity index (χ1n) is 15.5. The minimum atomic E-state index is -0.846. The van der Waals surface area contributed by atoms with E-state index < -0.39 is 33.4 Å². The molecule has 4 aromatic rings. The number of benzene rings is 1. The van der Waals surface area contributed by atoms with Gasteiger partial charge in [-0.1, -0.05) is 0 Å². The van der Waals surface area contributed by atoms with E-state index in [9.17, 15) is 4.79 Å². The lowest BCUT2D eigenvalue weighted by Crippen LogP contribution is -2.43. The van der Waals surface area contributed by atoms with Gasteiger partial charge in [0.25, 0.3) is 0 Å². The largest absolute Gasteiger partial charge is 0.444 e. The number of piperazine rings is 1. The van der Waals surface area contributed by atoms with Gasteiger partial charge >= 0.3 is 6.09 Å². The molecule has 0 spiro atoms. The second kappa shape index (κ2) is 14.1. The van der Waals surface area contributed by atoms with Gasteiger partial charge in [0.05, 0.1) is 18.4 Å². The van der Waals surface area contributed by atoms with Gasteiger partial charge in [0.2, 0.25) is 0 Å². The van der Waals surface area contributed by atoms with Crippen molar-refractivity contribution < 1.29 is 23.0 Å². The standard InChI is InChI=1S/C33H44F2N8O3S/c1-33(2,3)46-32(44)41(4)20-22-16-24(34)28(25(35)17-22)31-38-19-26-30(39-31)29(40-43(26)21-45-14-15-47(5,6)7)23-8-9-27(37-18-23)42-12-10-36-11-13-42/h8-9,16-19,36H,10-15,20-21H2,1-7H3. The van der Waals surface area contributed by atoms with Crippen LogP contribution in [-0.4, -0.2) is 106 Å². The first kappa shape index (κ1) is 34.5. The zero-order valence-corrected chi connectivity index (χ0v) is 29.0. The van der Waals surface area contributed by atoms with Crippen LogP contribution in [0.1, 0.15) is 26.3 Å². The van der Waals surface area contributed by atoms with E-state index in [1.54, 1.807) is 31.6 Å². The molecular weight excluding hydrogens is 626 g/mol. The fraction of sp³-hybridized carbons (Fsp3) is 0.485. The van der Waals surface area contributed by atoms with Gasteiger partial charge in [-0.25, -0.2) is 43.2 Å². The van der Waals surface area contributed by atoms with Crippen LogP contribution in [-0.2, 0) is 22.7 Å². The van der Waals surface area contributed by atoms with Crippen LogP contribution in [0.2, 0.25) is 0 Å². The lowest BCUT2D eigenvalue weighted by atomic mass is 10.1. The van der Waals surface area contributed by atoms with Crippen LogP contribution >= 0.6 is 10.0 Å². The summed E-state index contributed by atoms with van der Waals surface area (Å²) in [5.41, 5.74) is 1.39. The van der Waals surface area contributed by atoms with E-state index in [-0.39, 0.29) is 30.2 Å². The molecule has 3 aromatic heterocycles. The average Bonchev–Trinajstić information content (AvgIpc) is 3.36. The number of aromatic nitrogens is 5. The van der Waals surface area contributed by atoms with Crippen molar-refractivity contribution in [3.05, 3.63) is 53.9 Å². The van der Waals surface area contributed by atoms with E-state index in [0.29, 0.717) is 28.9 Å². The Bertz CT molecular complexity index is 1690. The van der Waals surface area contributed by atoms with Crippen molar-refractivity contribution in [2.75, 3.05) is 69.3 Å². The highest BCUT2D eigenvalue weighted by Crippen LogP contribution is 2.34. The predicted octanol–water partition coefficient (Wildman–Crippen LogP) is 5.28. The molecule has 0 bridgehead atoms. The third kappa shape index (κ3) is 8.73. The van der Waals surface area contributed by atoms with Crippen molar-refractivity contribution in [3.8, 4) is 22.6 Å². The van der Waals surface area contributed by atoms with E-state index >= 15 is 8.78 Å². The Labute approximate surface area is 276 Å². The number of nitrogens with one attached hydrogen (secondary N) is 1. The molecule has 1 aliphatic rings. The van der Waals surface area contributed by atoms with E-state index in [1.165, 1.54) is 30.3 Å². The Kier molecular flexibility index (Phi) is 10.3. The molecule has 0 radical (unpaired) electrons. The van der Waals surface area contributed by atoms with Crippen LogP contribution in [0.25, 0.3) is 33.7 Å². The molecule has 0 saturated carbocycles. The Hall–Kier alpha value is -3.88. The van der Waals surface area contributed by atoms with Crippen LogP contribution in [0.5, 0.6) is 0 Å². The molecule has 0 atom stereocenters. The number of ether oxygens (including phenoxy) is 2. The Morgan fingerprint density at radius 1 is 1.06 bits per heavy atom. The lowest BCUT2D eigenvalue weighted by molar-refractivity contribution is 0.0284. The smallest absolute Gasteiger partial charge is 0.410 e. The van der Waals surface area contributed by atoms with E-state index in [4.69, 9.17) is 19.6 Å². The second-order valence-corrected chi connectivity index (χ2v) is 18.1. The van der Waals surface area contributed by atoms with E-state index in [2.05, 4.69) is 39.0 Å². The molecular formula is C33H44F2N8O3S. The first-order valence-corrected chi connectivity index (χ1v) is 18.5. The minimum absolute atomic E-state index is 0.0481. The fourth-order valence-corrected chi connectivity index (χ4v) is 5.67. The van der Waals surface area contributed by atoms with Gasteiger partial charge in [-0.3, -0.25) is 0 Å². The number of carbonyl (C=O) groups is 1. The van der Waals surface area contributed by atoms with Crippen LogP contribution in [0.4, 0.5) is 19.4 Å². The van der Waals surface area contributed by atoms with Gasteiger partial charge < -0.3 is 24.6 Å². The summed E-state index contributed by atoms with van der Waals surface area (Å²) in [6.07, 6.45) is 9.35. The Morgan fingerprint density at radius 2 is 1.77 bits per heavy atom.